The van der Waals surface area contributed by atoms with Crippen LogP contribution in [-0.4, -0.2) is 11.0 Å². The van der Waals surface area contributed by atoms with Crippen molar-refractivity contribution in [3.8, 4) is 5.75 Å². The molecule has 0 bridgehead atoms. The molecule has 5 heteroatoms. The molecule has 0 aliphatic rings. The second-order valence-electron chi connectivity index (χ2n) is 4.54. The molecule has 20 heavy (non-hydrogen) atoms. The summed E-state index contributed by atoms with van der Waals surface area (Å²) in [7, 11) is 0. The highest BCUT2D eigenvalue weighted by Crippen LogP contribution is 2.26. The number of carbonyl (C=O) groups excluding carboxylic acids is 1. The van der Waals surface area contributed by atoms with E-state index >= 15 is 0 Å². The van der Waals surface area contributed by atoms with Crippen molar-refractivity contribution >= 4 is 50.1 Å². The van der Waals surface area contributed by atoms with E-state index in [-0.39, 0.29) is 11.7 Å². The minimum absolute atomic E-state index is 0.112. The fourth-order valence-corrected chi connectivity index (χ4v) is 2.44. The van der Waals surface area contributed by atoms with E-state index in [2.05, 4.69) is 21.2 Å². The molecule has 2 aromatic carbocycles. The summed E-state index contributed by atoms with van der Waals surface area (Å²) < 4.78 is 1.76. The number of hydrogen-bond donors (Lipinski definition) is 2. The number of benzene rings is 2. The number of aromatic hydroxyl groups is 1. The standard InChI is InChI=1S/C15H13BrINO2/c1-8-5-11(6-9(2)14(8)16)18-15(20)10-3-4-12(17)13(19)7-10/h3-7,19H,1-2H3,(H,18,20). The number of aryl methyl sites for hydroxylation is 2. The molecule has 0 unspecified atom stereocenters. The zero-order valence-corrected chi connectivity index (χ0v) is 14.7. The number of hydrogen-bond acceptors (Lipinski definition) is 2. The van der Waals surface area contributed by atoms with Crippen LogP contribution < -0.4 is 5.32 Å². The molecule has 0 radical (unpaired) electrons. The molecule has 104 valence electrons. The summed E-state index contributed by atoms with van der Waals surface area (Å²) in [6.45, 7) is 3.95. The topological polar surface area (TPSA) is 49.3 Å². The summed E-state index contributed by atoms with van der Waals surface area (Å²) in [5.41, 5.74) is 3.30. The van der Waals surface area contributed by atoms with Gasteiger partial charge < -0.3 is 10.4 Å². The van der Waals surface area contributed by atoms with E-state index in [1.54, 1.807) is 12.1 Å². The first-order chi connectivity index (χ1) is 9.38. The van der Waals surface area contributed by atoms with Gasteiger partial charge in [0.25, 0.3) is 5.91 Å². The summed E-state index contributed by atoms with van der Waals surface area (Å²) in [5, 5.41) is 12.5. The van der Waals surface area contributed by atoms with Crippen LogP contribution in [0.15, 0.2) is 34.8 Å². The minimum Gasteiger partial charge on any atom is -0.507 e. The van der Waals surface area contributed by atoms with Gasteiger partial charge in [-0.1, -0.05) is 15.9 Å². The van der Waals surface area contributed by atoms with Crippen molar-refractivity contribution in [2.75, 3.05) is 5.32 Å². The number of phenols is 1. The number of nitrogens with one attached hydrogen (secondary N) is 1. The van der Waals surface area contributed by atoms with Crippen molar-refractivity contribution in [2.45, 2.75) is 13.8 Å². The van der Waals surface area contributed by atoms with Crippen LogP contribution >= 0.6 is 38.5 Å². The van der Waals surface area contributed by atoms with Gasteiger partial charge in [0, 0.05) is 15.7 Å². The van der Waals surface area contributed by atoms with Gasteiger partial charge in [-0.05, 0) is 77.9 Å². The molecule has 0 aliphatic carbocycles. The Labute approximate surface area is 139 Å². The maximum Gasteiger partial charge on any atom is 0.255 e. The third-order valence-electron chi connectivity index (χ3n) is 2.90. The number of carbonyl (C=O) groups is 1. The third-order valence-corrected chi connectivity index (χ3v) is 5.07. The maximum atomic E-state index is 12.1. The number of rotatable bonds is 2. The van der Waals surface area contributed by atoms with Crippen LogP contribution in [0.5, 0.6) is 5.75 Å². The van der Waals surface area contributed by atoms with Crippen molar-refractivity contribution in [1.82, 2.24) is 0 Å². The smallest absolute Gasteiger partial charge is 0.255 e. The van der Waals surface area contributed by atoms with Gasteiger partial charge in [0.2, 0.25) is 0 Å². The summed E-state index contributed by atoms with van der Waals surface area (Å²) in [4.78, 5) is 12.1. The fraction of sp³-hybridized carbons (Fsp3) is 0.133. The second kappa shape index (κ2) is 6.13. The highest BCUT2D eigenvalue weighted by molar-refractivity contribution is 14.1. The molecule has 1 amide bonds. The van der Waals surface area contributed by atoms with Gasteiger partial charge in [-0.3, -0.25) is 4.79 Å². The molecule has 0 saturated carbocycles. The number of phenolic OH excluding ortho intramolecular Hbond substituents is 1. The van der Waals surface area contributed by atoms with Gasteiger partial charge in [-0.2, -0.15) is 0 Å². The minimum atomic E-state index is -0.238. The largest absolute Gasteiger partial charge is 0.507 e. The molecule has 0 aliphatic heterocycles. The second-order valence-corrected chi connectivity index (χ2v) is 6.50. The predicted molar refractivity (Wildman–Crippen MR) is 92.4 cm³/mol. The molecule has 3 nitrogen and oxygen atoms in total. The average Bonchev–Trinajstić information content (AvgIpc) is 2.39. The zero-order chi connectivity index (χ0) is 14.9. The molecule has 0 atom stereocenters. The predicted octanol–water partition coefficient (Wildman–Crippen LogP) is 4.63. The summed E-state index contributed by atoms with van der Waals surface area (Å²) in [6.07, 6.45) is 0. The fourth-order valence-electron chi connectivity index (χ4n) is 1.88. The van der Waals surface area contributed by atoms with Crippen molar-refractivity contribution < 1.29 is 9.90 Å². The van der Waals surface area contributed by atoms with Crippen LogP contribution in [0, 0.1) is 17.4 Å². The monoisotopic (exact) mass is 445 g/mol. The highest BCUT2D eigenvalue weighted by atomic mass is 127. The Morgan fingerprint density at radius 3 is 2.35 bits per heavy atom. The van der Waals surface area contributed by atoms with E-state index in [4.69, 9.17) is 0 Å². The first kappa shape index (κ1) is 15.3. The average molecular weight is 446 g/mol. The Balaban J connectivity index is 2.25. The Bertz CT molecular complexity index is 663. The Morgan fingerprint density at radius 2 is 1.80 bits per heavy atom. The quantitative estimate of drug-likeness (QED) is 0.662. The number of anilines is 1. The number of halogens is 2. The molecule has 0 fully saturated rings. The maximum absolute atomic E-state index is 12.1. The van der Waals surface area contributed by atoms with Crippen LogP contribution in [0.4, 0.5) is 5.69 Å². The molecule has 2 rings (SSSR count). The van der Waals surface area contributed by atoms with Crippen LogP contribution in [0.2, 0.25) is 0 Å². The SMILES string of the molecule is Cc1cc(NC(=O)c2ccc(I)c(O)c2)cc(C)c1Br. The van der Waals surface area contributed by atoms with Gasteiger partial charge >= 0.3 is 0 Å². The Morgan fingerprint density at radius 1 is 1.20 bits per heavy atom. The molecule has 0 aromatic heterocycles. The normalized spacial score (nSPS) is 10.4. The van der Waals surface area contributed by atoms with Crippen molar-refractivity contribution in [3.63, 3.8) is 0 Å². The third kappa shape index (κ3) is 3.32. The summed E-state index contributed by atoms with van der Waals surface area (Å²) in [6, 6.07) is 8.68. The van der Waals surface area contributed by atoms with E-state index in [0.29, 0.717) is 5.56 Å². The lowest BCUT2D eigenvalue weighted by molar-refractivity contribution is 0.102. The van der Waals surface area contributed by atoms with Gasteiger partial charge in [0.1, 0.15) is 5.75 Å². The Kier molecular flexibility index (Phi) is 4.70. The first-order valence-electron chi connectivity index (χ1n) is 5.95. The lowest BCUT2D eigenvalue weighted by Crippen LogP contribution is -2.12. The lowest BCUT2D eigenvalue weighted by atomic mass is 10.1. The molecular weight excluding hydrogens is 433 g/mol. The van der Waals surface area contributed by atoms with Crippen LogP contribution in [-0.2, 0) is 0 Å². The lowest BCUT2D eigenvalue weighted by Gasteiger charge is -2.10. The van der Waals surface area contributed by atoms with E-state index in [1.807, 2.05) is 48.6 Å². The van der Waals surface area contributed by atoms with Crippen molar-refractivity contribution in [2.24, 2.45) is 0 Å². The van der Waals surface area contributed by atoms with Crippen LogP contribution in [0.3, 0.4) is 0 Å². The zero-order valence-electron chi connectivity index (χ0n) is 11.0. The molecule has 2 aromatic rings. The van der Waals surface area contributed by atoms with Crippen LogP contribution in [0.25, 0.3) is 0 Å². The molecule has 2 N–H and O–H groups in total. The van der Waals surface area contributed by atoms with Gasteiger partial charge in [-0.15, -0.1) is 0 Å². The van der Waals surface area contributed by atoms with Gasteiger partial charge in [0.15, 0.2) is 0 Å². The van der Waals surface area contributed by atoms with Crippen molar-refractivity contribution in [3.05, 3.63) is 55.1 Å². The van der Waals surface area contributed by atoms with Gasteiger partial charge in [0.05, 0.1) is 3.57 Å². The molecule has 0 heterocycles. The number of amides is 1. The van der Waals surface area contributed by atoms with E-state index < -0.39 is 0 Å². The van der Waals surface area contributed by atoms with E-state index in [9.17, 15) is 9.90 Å². The molecular formula is C15H13BrINO2. The van der Waals surface area contributed by atoms with E-state index in [1.165, 1.54) is 6.07 Å². The molecule has 0 spiro atoms. The van der Waals surface area contributed by atoms with E-state index in [0.717, 1.165) is 24.9 Å². The van der Waals surface area contributed by atoms with Gasteiger partial charge in [-0.25, -0.2) is 0 Å². The molecule has 0 saturated heterocycles. The van der Waals surface area contributed by atoms with Crippen LogP contribution in [0.1, 0.15) is 21.5 Å². The Hall–Kier alpha value is -1.08. The van der Waals surface area contributed by atoms with Crippen molar-refractivity contribution in [1.29, 1.82) is 0 Å². The highest BCUT2D eigenvalue weighted by Gasteiger charge is 2.10. The summed E-state index contributed by atoms with van der Waals surface area (Å²) >= 11 is 5.51. The first-order valence-corrected chi connectivity index (χ1v) is 7.82. The summed E-state index contributed by atoms with van der Waals surface area (Å²) in [5.74, 6) is -0.126.